The van der Waals surface area contributed by atoms with Crippen LogP contribution >= 0.6 is 0 Å². The van der Waals surface area contributed by atoms with E-state index in [0.717, 1.165) is 6.08 Å². The Morgan fingerprint density at radius 2 is 1.92 bits per heavy atom. The lowest BCUT2D eigenvalue weighted by atomic mass is 9.99. The summed E-state index contributed by atoms with van der Waals surface area (Å²) in [5.74, 6) is -0.690. The summed E-state index contributed by atoms with van der Waals surface area (Å²) < 4.78 is 15.9. The first-order valence-electron chi connectivity index (χ1n) is 7.43. The number of carboxylic acids is 1. The maximum Gasteiger partial charge on any atom is 0.328 e. The number of aliphatic carboxylic acids is 1. The highest BCUT2D eigenvalue weighted by Crippen LogP contribution is 2.32. The topological polar surface area (TPSA) is 146 Å². The molecule has 5 N–H and O–H groups in total. The third kappa shape index (κ3) is 4.47. The van der Waals surface area contributed by atoms with Gasteiger partial charge >= 0.3 is 5.97 Å². The fourth-order valence-electron chi connectivity index (χ4n) is 2.34. The van der Waals surface area contributed by atoms with Gasteiger partial charge in [0, 0.05) is 6.08 Å². The fourth-order valence-corrected chi connectivity index (χ4v) is 2.34. The van der Waals surface area contributed by atoms with Gasteiger partial charge in [-0.3, -0.25) is 0 Å². The van der Waals surface area contributed by atoms with E-state index in [1.165, 1.54) is 25.3 Å². The number of hydrogen-bond acceptors (Lipinski definition) is 8. The highest BCUT2D eigenvalue weighted by atomic mass is 16.7. The first kappa shape index (κ1) is 19.2. The van der Waals surface area contributed by atoms with E-state index in [2.05, 4.69) is 0 Å². The van der Waals surface area contributed by atoms with Gasteiger partial charge in [0.25, 0.3) is 0 Å². The van der Waals surface area contributed by atoms with Crippen LogP contribution in [0, 0.1) is 0 Å². The number of aliphatic hydroxyl groups excluding tert-OH is 4. The molecule has 1 heterocycles. The van der Waals surface area contributed by atoms with Gasteiger partial charge in [0.15, 0.2) is 11.5 Å². The monoisotopic (exact) mass is 356 g/mol. The molecule has 0 spiro atoms. The minimum Gasteiger partial charge on any atom is -0.493 e. The van der Waals surface area contributed by atoms with Gasteiger partial charge in [-0.15, -0.1) is 0 Å². The molecular formula is C16H20O9. The van der Waals surface area contributed by atoms with Crippen LogP contribution in [0.15, 0.2) is 24.3 Å². The molecular weight excluding hydrogens is 336 g/mol. The average molecular weight is 356 g/mol. The van der Waals surface area contributed by atoms with Crippen LogP contribution in [0.25, 0.3) is 6.08 Å². The predicted molar refractivity (Wildman–Crippen MR) is 84.1 cm³/mol. The molecule has 25 heavy (non-hydrogen) atoms. The third-order valence-corrected chi connectivity index (χ3v) is 3.70. The molecule has 0 saturated carbocycles. The van der Waals surface area contributed by atoms with Crippen LogP contribution in [-0.4, -0.2) is 75.9 Å². The van der Waals surface area contributed by atoms with Gasteiger partial charge in [-0.05, 0) is 23.8 Å². The average Bonchev–Trinajstić information content (AvgIpc) is 2.60. The lowest BCUT2D eigenvalue weighted by Crippen LogP contribution is -2.60. The summed E-state index contributed by atoms with van der Waals surface area (Å²) in [5, 5.41) is 47.3. The quantitative estimate of drug-likeness (QED) is 0.404. The van der Waals surface area contributed by atoms with E-state index in [9.17, 15) is 25.2 Å². The number of aliphatic hydroxyl groups is 4. The van der Waals surface area contributed by atoms with E-state index in [1.54, 1.807) is 6.07 Å². The van der Waals surface area contributed by atoms with E-state index in [-0.39, 0.29) is 11.5 Å². The van der Waals surface area contributed by atoms with Crippen molar-refractivity contribution in [2.24, 2.45) is 0 Å². The van der Waals surface area contributed by atoms with Gasteiger partial charge in [0.1, 0.15) is 24.4 Å². The second-order valence-corrected chi connectivity index (χ2v) is 5.40. The molecule has 1 aromatic carbocycles. The van der Waals surface area contributed by atoms with Gasteiger partial charge in [-0.2, -0.15) is 0 Å². The summed E-state index contributed by atoms with van der Waals surface area (Å²) in [5.41, 5.74) is 0.542. The van der Waals surface area contributed by atoms with E-state index < -0.39 is 43.3 Å². The number of hydrogen-bond donors (Lipinski definition) is 5. The molecule has 0 aromatic heterocycles. The number of rotatable bonds is 6. The van der Waals surface area contributed by atoms with Crippen molar-refractivity contribution in [2.75, 3.05) is 13.7 Å². The smallest absolute Gasteiger partial charge is 0.328 e. The van der Waals surface area contributed by atoms with Gasteiger partial charge in [-0.1, -0.05) is 6.07 Å². The summed E-state index contributed by atoms with van der Waals surface area (Å²) in [4.78, 5) is 10.6. The normalized spacial score (nSPS) is 29.6. The van der Waals surface area contributed by atoms with Crippen LogP contribution in [0.1, 0.15) is 5.56 Å². The van der Waals surface area contributed by atoms with E-state index in [4.69, 9.17) is 19.3 Å². The van der Waals surface area contributed by atoms with Crippen molar-refractivity contribution in [1.82, 2.24) is 0 Å². The maximum atomic E-state index is 10.6. The summed E-state index contributed by atoms with van der Waals surface area (Å²) >= 11 is 0. The Morgan fingerprint density at radius 1 is 1.20 bits per heavy atom. The Bertz CT molecular complexity index is 628. The molecule has 1 fully saturated rings. The fraction of sp³-hybridized carbons (Fsp3) is 0.438. The maximum absolute atomic E-state index is 10.6. The standard InChI is InChI=1S/C16H20O9/c1-23-10-6-8(3-5-12(18)19)2-4-9(10)24-16-15(22)14(21)13(20)11(7-17)25-16/h2-6,11,13-17,20-22H,7H2,1H3,(H,18,19)/b5-3-/t11-,13-,14-,15-,16-/m1/s1. The molecule has 1 aliphatic rings. The van der Waals surface area contributed by atoms with Crippen molar-refractivity contribution in [3.05, 3.63) is 29.8 Å². The number of carbonyl (C=O) groups is 1. The zero-order chi connectivity index (χ0) is 18.6. The predicted octanol–water partition coefficient (Wildman–Crippen LogP) is -1.03. The van der Waals surface area contributed by atoms with Crippen molar-refractivity contribution in [3.63, 3.8) is 0 Å². The second-order valence-electron chi connectivity index (χ2n) is 5.40. The summed E-state index contributed by atoms with van der Waals surface area (Å²) in [6.07, 6.45) is -4.69. The van der Waals surface area contributed by atoms with Gasteiger partial charge in [0.05, 0.1) is 13.7 Å². The molecule has 0 unspecified atom stereocenters. The zero-order valence-electron chi connectivity index (χ0n) is 13.3. The highest BCUT2D eigenvalue weighted by Gasteiger charge is 2.44. The van der Waals surface area contributed by atoms with Crippen molar-refractivity contribution in [3.8, 4) is 11.5 Å². The Labute approximate surface area is 143 Å². The van der Waals surface area contributed by atoms with Crippen molar-refractivity contribution in [1.29, 1.82) is 0 Å². The van der Waals surface area contributed by atoms with Crippen LogP contribution in [-0.2, 0) is 9.53 Å². The Kier molecular flexibility index (Phi) is 6.34. The summed E-state index contributed by atoms with van der Waals surface area (Å²) in [7, 11) is 1.38. The summed E-state index contributed by atoms with van der Waals surface area (Å²) in [6.45, 7) is -0.569. The number of methoxy groups -OCH3 is 1. The molecule has 0 aliphatic carbocycles. The van der Waals surface area contributed by atoms with Crippen LogP contribution in [0.5, 0.6) is 11.5 Å². The van der Waals surface area contributed by atoms with Crippen molar-refractivity contribution >= 4 is 12.0 Å². The SMILES string of the molecule is COc1cc(/C=C\C(=O)O)ccc1O[C@@H]1O[C@H](CO)[C@@H](O)[C@@H](O)[C@H]1O. The van der Waals surface area contributed by atoms with Crippen molar-refractivity contribution in [2.45, 2.75) is 30.7 Å². The molecule has 1 aromatic rings. The molecule has 1 aliphatic heterocycles. The van der Waals surface area contributed by atoms with Crippen LogP contribution < -0.4 is 9.47 Å². The van der Waals surface area contributed by atoms with Crippen LogP contribution in [0.3, 0.4) is 0 Å². The first-order chi connectivity index (χ1) is 11.9. The molecule has 0 amide bonds. The Hall–Kier alpha value is -2.17. The second kappa shape index (κ2) is 8.28. The highest BCUT2D eigenvalue weighted by molar-refractivity contribution is 5.85. The molecule has 9 heteroatoms. The minimum atomic E-state index is -1.56. The van der Waals surface area contributed by atoms with E-state index in [0.29, 0.717) is 5.56 Å². The van der Waals surface area contributed by atoms with Gasteiger partial charge < -0.3 is 39.7 Å². The van der Waals surface area contributed by atoms with Gasteiger partial charge in [0.2, 0.25) is 6.29 Å². The minimum absolute atomic E-state index is 0.166. The number of benzene rings is 1. The third-order valence-electron chi connectivity index (χ3n) is 3.70. The Balaban J connectivity index is 2.19. The molecule has 2 rings (SSSR count). The molecule has 5 atom stereocenters. The molecule has 138 valence electrons. The zero-order valence-corrected chi connectivity index (χ0v) is 13.3. The van der Waals surface area contributed by atoms with E-state index >= 15 is 0 Å². The number of carboxylic acid groups (broad SMARTS) is 1. The first-order valence-corrected chi connectivity index (χ1v) is 7.43. The van der Waals surface area contributed by atoms with Crippen LogP contribution in [0.4, 0.5) is 0 Å². The molecule has 0 radical (unpaired) electrons. The van der Waals surface area contributed by atoms with Gasteiger partial charge in [-0.25, -0.2) is 4.79 Å². The number of ether oxygens (including phenoxy) is 3. The lowest BCUT2D eigenvalue weighted by Gasteiger charge is -2.39. The Morgan fingerprint density at radius 3 is 2.52 bits per heavy atom. The molecule has 9 nitrogen and oxygen atoms in total. The molecule has 0 bridgehead atoms. The summed E-state index contributed by atoms with van der Waals surface area (Å²) in [6, 6.07) is 4.54. The largest absolute Gasteiger partial charge is 0.493 e. The molecule has 1 saturated heterocycles. The van der Waals surface area contributed by atoms with Crippen molar-refractivity contribution < 1.29 is 44.5 Å². The van der Waals surface area contributed by atoms with E-state index in [1.807, 2.05) is 0 Å². The lowest BCUT2D eigenvalue weighted by molar-refractivity contribution is -0.277. The van der Waals surface area contributed by atoms with Crippen LogP contribution in [0.2, 0.25) is 0 Å².